The number of nitrogens with one attached hydrogen (secondary N) is 2. The third-order valence-corrected chi connectivity index (χ3v) is 6.04. The summed E-state index contributed by atoms with van der Waals surface area (Å²) in [4.78, 5) is 14.0. The highest BCUT2D eigenvalue weighted by Gasteiger charge is 2.33. The number of rotatable bonds is 1. The van der Waals surface area contributed by atoms with Gasteiger partial charge in [-0.05, 0) is 36.8 Å². The van der Waals surface area contributed by atoms with Crippen LogP contribution in [-0.2, 0) is 12.8 Å². The smallest absolute Gasteiger partial charge is 0.256 e. The standard InChI is InChI=1S/C17H17ClN2OS/c1-9-6-7-11-13(8-9)22-17-14(11)16(21)19-15(20-17)10-4-2-3-5-12(10)18/h2-5,9,15,20H,6-8H2,1H3,(H,19,21). The molecule has 5 heteroatoms. The van der Waals surface area contributed by atoms with Gasteiger partial charge >= 0.3 is 0 Å². The van der Waals surface area contributed by atoms with Gasteiger partial charge in [0.2, 0.25) is 0 Å². The lowest BCUT2D eigenvalue weighted by Crippen LogP contribution is -2.38. The Hall–Kier alpha value is -1.52. The first-order chi connectivity index (χ1) is 10.6. The van der Waals surface area contributed by atoms with E-state index >= 15 is 0 Å². The van der Waals surface area contributed by atoms with Gasteiger partial charge in [0.1, 0.15) is 11.2 Å². The van der Waals surface area contributed by atoms with Crippen LogP contribution in [0, 0.1) is 5.92 Å². The number of thiophene rings is 1. The van der Waals surface area contributed by atoms with Crippen molar-refractivity contribution in [1.82, 2.24) is 5.32 Å². The van der Waals surface area contributed by atoms with Gasteiger partial charge in [0.25, 0.3) is 5.91 Å². The summed E-state index contributed by atoms with van der Waals surface area (Å²) in [5, 5.41) is 8.17. The van der Waals surface area contributed by atoms with Crippen LogP contribution in [0.3, 0.4) is 0 Å². The second-order valence-electron chi connectivity index (χ2n) is 6.13. The minimum absolute atomic E-state index is 0.0192. The van der Waals surface area contributed by atoms with Gasteiger partial charge in [0.05, 0.1) is 5.56 Å². The predicted octanol–water partition coefficient (Wildman–Crippen LogP) is 4.38. The lowest BCUT2D eigenvalue weighted by atomic mass is 9.88. The van der Waals surface area contributed by atoms with Gasteiger partial charge in [-0.2, -0.15) is 0 Å². The Balaban J connectivity index is 1.73. The second-order valence-corrected chi connectivity index (χ2v) is 7.64. The summed E-state index contributed by atoms with van der Waals surface area (Å²) in [6.45, 7) is 2.28. The van der Waals surface area contributed by atoms with E-state index in [0.29, 0.717) is 10.9 Å². The molecule has 3 nitrogen and oxygen atoms in total. The third kappa shape index (κ3) is 2.22. The SMILES string of the molecule is CC1CCc2c(sc3c2C(=O)NC(c2ccccc2Cl)N3)C1. The Kier molecular flexibility index (Phi) is 3.39. The van der Waals surface area contributed by atoms with Gasteiger partial charge in [-0.3, -0.25) is 4.79 Å². The summed E-state index contributed by atoms with van der Waals surface area (Å²) >= 11 is 8.00. The highest BCUT2D eigenvalue weighted by molar-refractivity contribution is 7.16. The molecule has 0 spiro atoms. The van der Waals surface area contributed by atoms with Gasteiger partial charge in [-0.1, -0.05) is 36.7 Å². The fraction of sp³-hybridized carbons (Fsp3) is 0.353. The van der Waals surface area contributed by atoms with Crippen molar-refractivity contribution < 1.29 is 4.79 Å². The molecule has 4 rings (SSSR count). The highest BCUT2D eigenvalue weighted by atomic mass is 35.5. The zero-order valence-corrected chi connectivity index (χ0v) is 13.9. The van der Waals surface area contributed by atoms with E-state index < -0.39 is 0 Å². The highest BCUT2D eigenvalue weighted by Crippen LogP contribution is 2.43. The summed E-state index contributed by atoms with van der Waals surface area (Å²) < 4.78 is 0. The molecule has 2 N–H and O–H groups in total. The van der Waals surface area contributed by atoms with Crippen LogP contribution in [0.25, 0.3) is 0 Å². The maximum absolute atomic E-state index is 12.6. The van der Waals surface area contributed by atoms with Gasteiger partial charge in [0.15, 0.2) is 0 Å². The number of carbonyl (C=O) groups is 1. The van der Waals surface area contributed by atoms with Crippen LogP contribution in [0.2, 0.25) is 5.02 Å². The molecule has 1 aromatic heterocycles. The number of hydrogen-bond acceptors (Lipinski definition) is 3. The Morgan fingerprint density at radius 1 is 1.27 bits per heavy atom. The van der Waals surface area contributed by atoms with E-state index in [4.69, 9.17) is 11.6 Å². The molecule has 1 aromatic carbocycles. The van der Waals surface area contributed by atoms with E-state index in [2.05, 4.69) is 17.6 Å². The average Bonchev–Trinajstić information content (AvgIpc) is 2.85. The fourth-order valence-corrected chi connectivity index (χ4v) is 5.01. The van der Waals surface area contributed by atoms with E-state index in [0.717, 1.165) is 35.4 Å². The number of carbonyl (C=O) groups excluding carboxylic acids is 1. The lowest BCUT2D eigenvalue weighted by molar-refractivity contribution is 0.0935. The van der Waals surface area contributed by atoms with E-state index in [9.17, 15) is 4.79 Å². The Morgan fingerprint density at radius 2 is 2.09 bits per heavy atom. The molecule has 22 heavy (non-hydrogen) atoms. The van der Waals surface area contributed by atoms with Crippen molar-refractivity contribution >= 4 is 33.8 Å². The molecule has 2 aliphatic rings. The molecule has 1 aliphatic carbocycles. The van der Waals surface area contributed by atoms with E-state index in [1.54, 1.807) is 11.3 Å². The quantitative estimate of drug-likeness (QED) is 0.813. The van der Waals surface area contributed by atoms with Crippen LogP contribution in [0.15, 0.2) is 24.3 Å². The van der Waals surface area contributed by atoms with Gasteiger partial charge < -0.3 is 10.6 Å². The summed E-state index contributed by atoms with van der Waals surface area (Å²) in [6.07, 6.45) is 3.00. The summed E-state index contributed by atoms with van der Waals surface area (Å²) in [5.41, 5.74) is 3.01. The monoisotopic (exact) mass is 332 g/mol. The van der Waals surface area contributed by atoms with Gasteiger partial charge in [-0.25, -0.2) is 0 Å². The van der Waals surface area contributed by atoms with Crippen molar-refractivity contribution in [2.24, 2.45) is 5.92 Å². The molecule has 2 unspecified atom stereocenters. The lowest BCUT2D eigenvalue weighted by Gasteiger charge is -2.27. The molecule has 0 fully saturated rings. The van der Waals surface area contributed by atoms with Gasteiger partial charge in [-0.15, -0.1) is 11.3 Å². The number of anilines is 1. The molecule has 2 aromatic rings. The first kappa shape index (κ1) is 14.1. The largest absolute Gasteiger partial charge is 0.353 e. The van der Waals surface area contributed by atoms with E-state index in [-0.39, 0.29) is 12.1 Å². The van der Waals surface area contributed by atoms with Gasteiger partial charge in [0, 0.05) is 15.5 Å². The minimum Gasteiger partial charge on any atom is -0.353 e. The summed E-state index contributed by atoms with van der Waals surface area (Å²) in [7, 11) is 0. The third-order valence-electron chi connectivity index (χ3n) is 4.51. The molecule has 0 saturated carbocycles. The second kappa shape index (κ2) is 5.28. The Morgan fingerprint density at radius 3 is 2.91 bits per heavy atom. The minimum atomic E-state index is -0.258. The normalized spacial score (nSPS) is 23.3. The average molecular weight is 333 g/mol. The van der Waals surface area contributed by atoms with Crippen molar-refractivity contribution in [2.45, 2.75) is 32.4 Å². The van der Waals surface area contributed by atoms with Crippen molar-refractivity contribution in [3.8, 4) is 0 Å². The number of amides is 1. The van der Waals surface area contributed by atoms with Crippen LogP contribution < -0.4 is 10.6 Å². The first-order valence-electron chi connectivity index (χ1n) is 7.60. The van der Waals surface area contributed by atoms with Crippen molar-refractivity contribution in [1.29, 1.82) is 0 Å². The predicted molar refractivity (Wildman–Crippen MR) is 90.8 cm³/mol. The van der Waals surface area contributed by atoms with Crippen LogP contribution in [-0.4, -0.2) is 5.91 Å². The van der Waals surface area contributed by atoms with E-state index in [1.807, 2.05) is 24.3 Å². The summed E-state index contributed by atoms with van der Waals surface area (Å²) in [5.74, 6) is 0.723. The Labute approximate surface area is 138 Å². The van der Waals surface area contributed by atoms with E-state index in [1.165, 1.54) is 10.4 Å². The van der Waals surface area contributed by atoms with Crippen LogP contribution in [0.4, 0.5) is 5.00 Å². The zero-order valence-electron chi connectivity index (χ0n) is 12.3. The van der Waals surface area contributed by atoms with Crippen molar-refractivity contribution in [3.63, 3.8) is 0 Å². The topological polar surface area (TPSA) is 41.1 Å². The molecule has 0 bridgehead atoms. The molecular formula is C17H17ClN2OS. The Bertz CT molecular complexity index is 755. The summed E-state index contributed by atoms with van der Waals surface area (Å²) in [6, 6.07) is 7.63. The zero-order chi connectivity index (χ0) is 15.3. The number of hydrogen-bond donors (Lipinski definition) is 2. The van der Waals surface area contributed by atoms with Crippen molar-refractivity contribution in [2.75, 3.05) is 5.32 Å². The molecule has 0 radical (unpaired) electrons. The molecule has 1 aliphatic heterocycles. The van der Waals surface area contributed by atoms with Crippen LogP contribution >= 0.6 is 22.9 Å². The molecule has 2 heterocycles. The molecule has 0 saturated heterocycles. The number of fused-ring (bicyclic) bond motifs is 3. The van der Waals surface area contributed by atoms with Crippen LogP contribution in [0.1, 0.15) is 45.9 Å². The number of benzene rings is 1. The molecular weight excluding hydrogens is 316 g/mol. The number of halogens is 1. The van der Waals surface area contributed by atoms with Crippen LogP contribution in [0.5, 0.6) is 0 Å². The maximum atomic E-state index is 12.6. The molecule has 2 atom stereocenters. The fourth-order valence-electron chi connectivity index (χ4n) is 3.33. The van der Waals surface area contributed by atoms with Crippen molar-refractivity contribution in [3.05, 3.63) is 50.9 Å². The first-order valence-corrected chi connectivity index (χ1v) is 8.79. The molecule has 1 amide bonds. The molecule has 114 valence electrons. The maximum Gasteiger partial charge on any atom is 0.256 e.